The fourth-order valence-corrected chi connectivity index (χ4v) is 3.35. The van der Waals surface area contributed by atoms with Gasteiger partial charge in [0.05, 0.1) is 19.1 Å². The molecule has 160 valence electrons. The molecule has 2 N–H and O–H groups in total. The van der Waals surface area contributed by atoms with Crippen LogP contribution in [0.5, 0.6) is 5.75 Å². The van der Waals surface area contributed by atoms with Crippen LogP contribution in [0.3, 0.4) is 0 Å². The Kier molecular flexibility index (Phi) is 7.85. The highest BCUT2D eigenvalue weighted by atomic mass is 16.5. The number of carbonyl (C=O) groups excluding carboxylic acids is 2. The molecule has 1 saturated heterocycles. The van der Waals surface area contributed by atoms with Crippen LogP contribution in [0.15, 0.2) is 48.5 Å². The second kappa shape index (κ2) is 10.8. The molecule has 2 amide bonds. The predicted octanol–water partition coefficient (Wildman–Crippen LogP) is 3.64. The van der Waals surface area contributed by atoms with Crippen molar-refractivity contribution in [3.8, 4) is 5.75 Å². The summed E-state index contributed by atoms with van der Waals surface area (Å²) in [6.45, 7) is 4.01. The molecule has 2 aromatic rings. The lowest BCUT2D eigenvalue weighted by molar-refractivity contribution is -0.132. The molecule has 30 heavy (non-hydrogen) atoms. The van der Waals surface area contributed by atoms with Gasteiger partial charge in [-0.25, -0.2) is 0 Å². The van der Waals surface area contributed by atoms with Crippen molar-refractivity contribution in [2.45, 2.75) is 45.1 Å². The Hall–Kier alpha value is -2.86. The number of anilines is 1. The number of hydrogen-bond acceptors (Lipinski definition) is 4. The van der Waals surface area contributed by atoms with Crippen molar-refractivity contribution in [1.82, 2.24) is 4.90 Å². The molecule has 3 rings (SSSR count). The quantitative estimate of drug-likeness (QED) is 0.651. The third-order valence-electron chi connectivity index (χ3n) is 5.27. The molecule has 6 heteroatoms. The van der Waals surface area contributed by atoms with E-state index in [0.717, 1.165) is 24.2 Å². The number of ether oxygens (including phenoxy) is 1. The van der Waals surface area contributed by atoms with E-state index < -0.39 is 0 Å². The molecule has 1 aliphatic heterocycles. The number of nitrogens with zero attached hydrogens (tertiary/aromatic N) is 1. The summed E-state index contributed by atoms with van der Waals surface area (Å²) in [5.41, 5.74) is 2.14. The molecule has 0 unspecified atom stereocenters. The van der Waals surface area contributed by atoms with Gasteiger partial charge in [0.1, 0.15) is 5.75 Å². The van der Waals surface area contributed by atoms with Crippen LogP contribution in [0.4, 0.5) is 5.69 Å². The van der Waals surface area contributed by atoms with Gasteiger partial charge in [0.15, 0.2) is 0 Å². The zero-order chi connectivity index (χ0) is 21.3. The lowest BCUT2D eigenvalue weighted by atomic mass is 10.1. The number of unbranched alkanes of at least 4 members (excludes halogenated alkanes) is 1. The number of amides is 2. The van der Waals surface area contributed by atoms with Crippen LogP contribution in [-0.4, -0.2) is 47.6 Å². The Morgan fingerprint density at radius 1 is 1.07 bits per heavy atom. The van der Waals surface area contributed by atoms with Crippen molar-refractivity contribution in [3.05, 3.63) is 59.7 Å². The second-order valence-corrected chi connectivity index (χ2v) is 7.67. The zero-order valence-corrected chi connectivity index (χ0v) is 17.5. The van der Waals surface area contributed by atoms with E-state index in [1.54, 1.807) is 29.2 Å². The van der Waals surface area contributed by atoms with E-state index in [-0.39, 0.29) is 17.9 Å². The Balaban J connectivity index is 1.50. The van der Waals surface area contributed by atoms with Gasteiger partial charge >= 0.3 is 0 Å². The van der Waals surface area contributed by atoms with Crippen molar-refractivity contribution in [3.63, 3.8) is 0 Å². The third-order valence-corrected chi connectivity index (χ3v) is 5.27. The largest absolute Gasteiger partial charge is 0.494 e. The Morgan fingerprint density at radius 3 is 2.37 bits per heavy atom. The summed E-state index contributed by atoms with van der Waals surface area (Å²) < 4.78 is 5.62. The molecule has 0 bridgehead atoms. The number of benzene rings is 2. The summed E-state index contributed by atoms with van der Waals surface area (Å²) in [7, 11) is 0. The average Bonchev–Trinajstić information content (AvgIpc) is 2.76. The molecular weight excluding hydrogens is 380 g/mol. The highest BCUT2D eigenvalue weighted by Crippen LogP contribution is 2.17. The van der Waals surface area contributed by atoms with Gasteiger partial charge in [-0.2, -0.15) is 0 Å². The minimum Gasteiger partial charge on any atom is -0.494 e. The molecule has 0 aliphatic carbocycles. The number of likely N-dealkylation sites (tertiary alicyclic amines) is 1. The first kappa shape index (κ1) is 21.8. The summed E-state index contributed by atoms with van der Waals surface area (Å²) in [6, 6.07) is 14.4. The van der Waals surface area contributed by atoms with Crippen LogP contribution >= 0.6 is 0 Å². The Morgan fingerprint density at radius 2 is 1.73 bits per heavy atom. The Bertz CT molecular complexity index is 825. The fourth-order valence-electron chi connectivity index (χ4n) is 3.35. The van der Waals surface area contributed by atoms with Gasteiger partial charge in [-0.3, -0.25) is 9.59 Å². The summed E-state index contributed by atoms with van der Waals surface area (Å²) in [5, 5.41) is 12.4. The second-order valence-electron chi connectivity index (χ2n) is 7.67. The van der Waals surface area contributed by atoms with Gasteiger partial charge in [-0.15, -0.1) is 0 Å². The van der Waals surface area contributed by atoms with Crippen molar-refractivity contribution >= 4 is 17.5 Å². The van der Waals surface area contributed by atoms with E-state index >= 15 is 0 Å². The summed E-state index contributed by atoms with van der Waals surface area (Å²) >= 11 is 0. The lowest BCUT2D eigenvalue weighted by Gasteiger charge is -2.29. The third kappa shape index (κ3) is 6.32. The molecule has 0 aromatic heterocycles. The van der Waals surface area contributed by atoms with Gasteiger partial charge in [-0.05, 0) is 61.2 Å². The summed E-state index contributed by atoms with van der Waals surface area (Å²) in [6.07, 6.45) is 3.40. The van der Waals surface area contributed by atoms with Crippen molar-refractivity contribution < 1.29 is 19.4 Å². The monoisotopic (exact) mass is 410 g/mol. The molecule has 6 nitrogen and oxygen atoms in total. The molecule has 0 saturated carbocycles. The van der Waals surface area contributed by atoms with Crippen molar-refractivity contribution in [2.75, 3.05) is 25.0 Å². The van der Waals surface area contributed by atoms with Gasteiger partial charge in [-0.1, -0.05) is 25.5 Å². The topological polar surface area (TPSA) is 78.9 Å². The minimum atomic E-state index is -0.290. The molecule has 1 aliphatic rings. The molecular formula is C24H30N2O4. The first-order valence-corrected chi connectivity index (χ1v) is 10.6. The Labute approximate surface area is 177 Å². The molecule has 2 aromatic carbocycles. The molecule has 0 spiro atoms. The number of nitrogens with one attached hydrogen (secondary N) is 1. The first-order valence-electron chi connectivity index (χ1n) is 10.6. The number of aliphatic hydroxyl groups excluding tert-OH is 1. The lowest BCUT2D eigenvalue weighted by Crippen LogP contribution is -2.40. The van der Waals surface area contributed by atoms with E-state index in [1.165, 1.54) is 0 Å². The molecule has 1 heterocycles. The number of carbonyl (C=O) groups is 2. The fraction of sp³-hybridized carbons (Fsp3) is 0.417. The standard InChI is InChI=1S/C24H30N2O4/c1-2-3-16-30-22-10-6-19(7-11-22)24(29)25-20-8-4-18(5-9-20)17-23(28)26-14-12-21(27)13-15-26/h4-11,21,27H,2-3,12-17H2,1H3,(H,25,29). The maximum absolute atomic E-state index is 12.4. The highest BCUT2D eigenvalue weighted by molar-refractivity contribution is 6.04. The number of rotatable bonds is 8. The van der Waals surface area contributed by atoms with Gasteiger partial charge in [0.2, 0.25) is 5.91 Å². The van der Waals surface area contributed by atoms with E-state index in [1.807, 2.05) is 24.3 Å². The SMILES string of the molecule is CCCCOc1ccc(C(=O)Nc2ccc(CC(=O)N3CCC(O)CC3)cc2)cc1. The first-order chi connectivity index (χ1) is 14.5. The van der Waals surface area contributed by atoms with Crippen LogP contribution in [0.2, 0.25) is 0 Å². The van der Waals surface area contributed by atoms with Gasteiger partial charge < -0.3 is 20.1 Å². The van der Waals surface area contributed by atoms with Crippen molar-refractivity contribution in [1.29, 1.82) is 0 Å². The molecule has 0 radical (unpaired) electrons. The average molecular weight is 411 g/mol. The van der Waals surface area contributed by atoms with Crippen LogP contribution in [0, 0.1) is 0 Å². The van der Waals surface area contributed by atoms with E-state index in [4.69, 9.17) is 4.74 Å². The number of hydrogen-bond donors (Lipinski definition) is 2. The van der Waals surface area contributed by atoms with Gasteiger partial charge in [0, 0.05) is 24.3 Å². The summed E-state index contributed by atoms with van der Waals surface area (Å²) in [4.78, 5) is 26.6. The van der Waals surface area contributed by atoms with Crippen molar-refractivity contribution in [2.24, 2.45) is 0 Å². The molecule has 0 atom stereocenters. The van der Waals surface area contributed by atoms with Gasteiger partial charge in [0.25, 0.3) is 5.91 Å². The van der Waals surface area contributed by atoms with E-state index in [9.17, 15) is 14.7 Å². The molecule has 1 fully saturated rings. The minimum absolute atomic E-state index is 0.0694. The highest BCUT2D eigenvalue weighted by Gasteiger charge is 2.21. The van der Waals surface area contributed by atoms with Crippen LogP contribution in [-0.2, 0) is 11.2 Å². The number of piperidine rings is 1. The number of aliphatic hydroxyl groups is 1. The predicted molar refractivity (Wildman–Crippen MR) is 117 cm³/mol. The normalized spacial score (nSPS) is 14.4. The smallest absolute Gasteiger partial charge is 0.255 e. The van der Waals surface area contributed by atoms with E-state index in [2.05, 4.69) is 12.2 Å². The summed E-state index contributed by atoms with van der Waals surface area (Å²) in [5.74, 6) is 0.642. The van der Waals surface area contributed by atoms with Crippen LogP contribution in [0.25, 0.3) is 0 Å². The zero-order valence-electron chi connectivity index (χ0n) is 17.5. The van der Waals surface area contributed by atoms with Crippen LogP contribution < -0.4 is 10.1 Å². The maximum Gasteiger partial charge on any atom is 0.255 e. The van der Waals surface area contributed by atoms with E-state index in [0.29, 0.717) is 50.2 Å². The van der Waals surface area contributed by atoms with Crippen LogP contribution in [0.1, 0.15) is 48.5 Å². The maximum atomic E-state index is 12.4.